The zero-order valence-electron chi connectivity index (χ0n) is 11.9. The van der Waals surface area contributed by atoms with Crippen LogP contribution >= 0.6 is 12.4 Å². The van der Waals surface area contributed by atoms with Crippen molar-refractivity contribution >= 4 is 18.3 Å². The summed E-state index contributed by atoms with van der Waals surface area (Å²) in [6, 6.07) is 1.94. The van der Waals surface area contributed by atoms with E-state index in [0.29, 0.717) is 17.5 Å². The van der Waals surface area contributed by atoms with Crippen molar-refractivity contribution in [1.29, 1.82) is 0 Å². The molecule has 2 N–H and O–H groups in total. The van der Waals surface area contributed by atoms with Crippen molar-refractivity contribution in [2.45, 2.75) is 31.6 Å². The monoisotopic (exact) mass is 298 g/mol. The molecule has 0 spiro atoms. The van der Waals surface area contributed by atoms with Crippen molar-refractivity contribution in [3.8, 4) is 0 Å². The molecule has 1 aromatic rings. The molecule has 2 aliphatic rings. The van der Waals surface area contributed by atoms with Crippen LogP contribution in [0.15, 0.2) is 6.07 Å². The number of halogens is 1. The summed E-state index contributed by atoms with van der Waals surface area (Å²) in [7, 11) is 1.99. The van der Waals surface area contributed by atoms with Crippen LogP contribution in [-0.2, 0) is 0 Å². The van der Waals surface area contributed by atoms with Gasteiger partial charge in [0, 0.05) is 24.7 Å². The molecule has 1 saturated heterocycles. The number of carbonyl (C=O) groups excluding carboxylic acids is 1. The zero-order chi connectivity index (χ0) is 13.2. The number of amides is 1. The van der Waals surface area contributed by atoms with Crippen molar-refractivity contribution < 1.29 is 4.79 Å². The number of H-pyrrole nitrogens is 1. The molecule has 5 nitrogen and oxygen atoms in total. The molecule has 1 aliphatic heterocycles. The van der Waals surface area contributed by atoms with Gasteiger partial charge in [-0.2, -0.15) is 5.10 Å². The summed E-state index contributed by atoms with van der Waals surface area (Å²) in [4.78, 5) is 14.3. The fourth-order valence-electron chi connectivity index (χ4n) is 2.84. The van der Waals surface area contributed by atoms with E-state index in [4.69, 9.17) is 0 Å². The minimum atomic E-state index is 0. The molecule has 0 unspecified atom stereocenters. The van der Waals surface area contributed by atoms with Gasteiger partial charge in [0.05, 0.1) is 0 Å². The maximum Gasteiger partial charge on any atom is 0.274 e. The molecule has 0 radical (unpaired) electrons. The molecule has 1 amide bonds. The fraction of sp³-hybridized carbons (Fsp3) is 0.714. The Labute approximate surface area is 125 Å². The van der Waals surface area contributed by atoms with Crippen LogP contribution in [0.25, 0.3) is 0 Å². The van der Waals surface area contributed by atoms with Crippen molar-refractivity contribution in [2.75, 3.05) is 26.7 Å². The third-order valence-electron chi connectivity index (χ3n) is 4.23. The van der Waals surface area contributed by atoms with E-state index < -0.39 is 0 Å². The fourth-order valence-corrected chi connectivity index (χ4v) is 2.84. The average molecular weight is 299 g/mol. The van der Waals surface area contributed by atoms with E-state index in [-0.39, 0.29) is 18.3 Å². The van der Waals surface area contributed by atoms with Crippen LogP contribution in [0.3, 0.4) is 0 Å². The molecule has 0 atom stereocenters. The lowest BCUT2D eigenvalue weighted by Gasteiger charge is -2.31. The number of aromatic nitrogens is 2. The predicted octanol–water partition coefficient (Wildman–Crippen LogP) is 1.78. The smallest absolute Gasteiger partial charge is 0.274 e. The third-order valence-corrected chi connectivity index (χ3v) is 4.23. The third kappa shape index (κ3) is 3.33. The van der Waals surface area contributed by atoms with E-state index in [1.807, 2.05) is 18.0 Å². The lowest BCUT2D eigenvalue weighted by Crippen LogP contribution is -2.40. The van der Waals surface area contributed by atoms with Gasteiger partial charge in [0.15, 0.2) is 0 Å². The Morgan fingerprint density at radius 3 is 2.70 bits per heavy atom. The van der Waals surface area contributed by atoms with E-state index in [0.717, 1.165) is 38.2 Å². The number of aromatic amines is 1. The van der Waals surface area contributed by atoms with E-state index >= 15 is 0 Å². The first-order chi connectivity index (χ1) is 9.28. The Balaban J connectivity index is 0.00000147. The zero-order valence-corrected chi connectivity index (χ0v) is 12.7. The lowest BCUT2D eigenvalue weighted by atomic mass is 9.96. The number of nitrogens with zero attached hydrogens (tertiary/aromatic N) is 2. The van der Waals surface area contributed by atoms with Crippen molar-refractivity contribution in [3.63, 3.8) is 0 Å². The maximum absolute atomic E-state index is 12.3. The van der Waals surface area contributed by atoms with Gasteiger partial charge in [0.1, 0.15) is 5.69 Å². The highest BCUT2D eigenvalue weighted by atomic mass is 35.5. The summed E-state index contributed by atoms with van der Waals surface area (Å²) in [6.07, 6.45) is 4.63. The second-order valence-electron chi connectivity index (χ2n) is 5.78. The molecule has 20 heavy (non-hydrogen) atoms. The highest BCUT2D eigenvalue weighted by molar-refractivity contribution is 5.92. The van der Waals surface area contributed by atoms with E-state index in [1.54, 1.807) is 0 Å². The van der Waals surface area contributed by atoms with Gasteiger partial charge in [-0.05, 0) is 51.3 Å². The van der Waals surface area contributed by atoms with E-state index in [2.05, 4.69) is 15.5 Å². The number of likely N-dealkylation sites (tertiary alicyclic amines) is 1. The summed E-state index contributed by atoms with van der Waals surface area (Å²) in [5.74, 6) is 1.41. The summed E-state index contributed by atoms with van der Waals surface area (Å²) in [5, 5.41) is 10.4. The largest absolute Gasteiger partial charge is 0.337 e. The van der Waals surface area contributed by atoms with Crippen LogP contribution < -0.4 is 5.32 Å². The molecule has 0 bridgehead atoms. The molecule has 1 aliphatic carbocycles. The second-order valence-corrected chi connectivity index (χ2v) is 5.78. The number of hydrogen-bond donors (Lipinski definition) is 2. The minimum absolute atomic E-state index is 0. The number of piperidine rings is 1. The van der Waals surface area contributed by atoms with Crippen LogP contribution in [0.1, 0.15) is 47.8 Å². The number of nitrogens with one attached hydrogen (secondary N) is 2. The Hall–Kier alpha value is -1.07. The Morgan fingerprint density at radius 1 is 1.40 bits per heavy atom. The second kappa shape index (κ2) is 6.59. The molecule has 2 fully saturated rings. The van der Waals surface area contributed by atoms with Gasteiger partial charge < -0.3 is 10.2 Å². The Morgan fingerprint density at radius 2 is 2.10 bits per heavy atom. The predicted molar refractivity (Wildman–Crippen MR) is 80.4 cm³/mol. The summed E-state index contributed by atoms with van der Waals surface area (Å²) in [5.41, 5.74) is 1.72. The van der Waals surface area contributed by atoms with Crippen LogP contribution in [0.5, 0.6) is 0 Å². The average Bonchev–Trinajstić information content (AvgIpc) is 3.17. The Bertz CT molecular complexity index is 450. The number of rotatable bonds is 4. The summed E-state index contributed by atoms with van der Waals surface area (Å²) >= 11 is 0. The molecule has 0 aromatic carbocycles. The van der Waals surface area contributed by atoms with Crippen molar-refractivity contribution in [3.05, 3.63) is 17.5 Å². The quantitative estimate of drug-likeness (QED) is 0.891. The minimum Gasteiger partial charge on any atom is -0.337 e. The molecular weight excluding hydrogens is 276 g/mol. The first kappa shape index (κ1) is 15.3. The first-order valence-corrected chi connectivity index (χ1v) is 7.27. The molecule has 1 saturated carbocycles. The molecule has 6 heteroatoms. The highest BCUT2D eigenvalue weighted by Gasteiger charge is 2.28. The normalized spacial score (nSPS) is 19.8. The van der Waals surface area contributed by atoms with Crippen LogP contribution in [0, 0.1) is 5.92 Å². The van der Waals surface area contributed by atoms with Crippen LogP contribution in [0.2, 0.25) is 0 Å². The van der Waals surface area contributed by atoms with Crippen molar-refractivity contribution in [2.24, 2.45) is 5.92 Å². The van der Waals surface area contributed by atoms with Crippen molar-refractivity contribution in [1.82, 2.24) is 20.4 Å². The summed E-state index contributed by atoms with van der Waals surface area (Å²) in [6.45, 7) is 2.77. The molecule has 112 valence electrons. The first-order valence-electron chi connectivity index (χ1n) is 7.27. The van der Waals surface area contributed by atoms with E-state index in [1.165, 1.54) is 12.8 Å². The molecule has 1 aromatic heterocycles. The summed E-state index contributed by atoms with van der Waals surface area (Å²) < 4.78 is 0. The number of hydrogen-bond acceptors (Lipinski definition) is 3. The SMILES string of the molecule is CNCC1CCN(C(=O)c2cc(C3CC3)[nH]n2)CC1.Cl. The Kier molecular flexibility index (Phi) is 5.05. The van der Waals surface area contributed by atoms with Gasteiger partial charge in [0.2, 0.25) is 0 Å². The molecule has 3 rings (SSSR count). The van der Waals surface area contributed by atoms with Gasteiger partial charge in [-0.3, -0.25) is 9.89 Å². The highest BCUT2D eigenvalue weighted by Crippen LogP contribution is 2.39. The van der Waals surface area contributed by atoms with E-state index in [9.17, 15) is 4.79 Å². The lowest BCUT2D eigenvalue weighted by molar-refractivity contribution is 0.0685. The van der Waals surface area contributed by atoms with Gasteiger partial charge in [-0.1, -0.05) is 0 Å². The van der Waals surface area contributed by atoms with Crippen LogP contribution in [0.4, 0.5) is 0 Å². The van der Waals surface area contributed by atoms with Gasteiger partial charge in [-0.25, -0.2) is 0 Å². The van der Waals surface area contributed by atoms with Gasteiger partial charge in [0.25, 0.3) is 5.91 Å². The van der Waals surface area contributed by atoms with Gasteiger partial charge >= 0.3 is 0 Å². The van der Waals surface area contributed by atoms with Crippen LogP contribution in [-0.4, -0.2) is 47.7 Å². The standard InChI is InChI=1S/C14H22N4O.ClH/c1-15-9-10-4-6-18(7-5-10)14(19)13-8-12(16-17-13)11-2-3-11;/h8,10-11,15H,2-7,9H2,1H3,(H,16,17);1H. The maximum atomic E-state index is 12.3. The van der Waals surface area contributed by atoms with Gasteiger partial charge in [-0.15, -0.1) is 12.4 Å². The molecular formula is C14H23ClN4O. The molecule has 2 heterocycles. The number of carbonyl (C=O) groups is 1. The topological polar surface area (TPSA) is 61.0 Å².